The van der Waals surface area contributed by atoms with Crippen molar-refractivity contribution in [2.24, 2.45) is 0 Å². The van der Waals surface area contributed by atoms with Crippen molar-refractivity contribution in [3.63, 3.8) is 0 Å². The summed E-state index contributed by atoms with van der Waals surface area (Å²) in [5.41, 5.74) is 1.57. The molecule has 0 bridgehead atoms. The molecule has 0 unspecified atom stereocenters. The van der Waals surface area contributed by atoms with Gasteiger partial charge >= 0.3 is 0 Å². The summed E-state index contributed by atoms with van der Waals surface area (Å²) in [7, 11) is -3.59. The number of hydrogen-bond acceptors (Lipinski definition) is 4. The molecule has 2 N–H and O–H groups in total. The minimum absolute atomic E-state index is 0.219. The first kappa shape index (κ1) is 16.0. The van der Waals surface area contributed by atoms with E-state index in [1.807, 2.05) is 30.3 Å². The van der Waals surface area contributed by atoms with Gasteiger partial charge in [0.05, 0.1) is 16.8 Å². The molecule has 2 aromatic carbocycles. The van der Waals surface area contributed by atoms with Gasteiger partial charge in [-0.1, -0.05) is 48.5 Å². The number of sulfonamides is 1. The zero-order chi connectivity index (χ0) is 16.8. The van der Waals surface area contributed by atoms with Gasteiger partial charge < -0.3 is 5.32 Å². The van der Waals surface area contributed by atoms with Gasteiger partial charge in [-0.15, -0.1) is 0 Å². The van der Waals surface area contributed by atoms with Gasteiger partial charge in [0.1, 0.15) is 5.82 Å². The van der Waals surface area contributed by atoms with Crippen molar-refractivity contribution in [1.82, 2.24) is 4.98 Å². The molecule has 3 aromatic rings. The smallest absolute Gasteiger partial charge is 0.261 e. The number of benzene rings is 2. The molecule has 0 aliphatic carbocycles. The predicted molar refractivity (Wildman–Crippen MR) is 95.3 cm³/mol. The Bertz CT molecular complexity index is 881. The second kappa shape index (κ2) is 7.14. The summed E-state index contributed by atoms with van der Waals surface area (Å²) in [6.45, 7) is 0.656. The van der Waals surface area contributed by atoms with E-state index in [4.69, 9.17) is 0 Å². The summed E-state index contributed by atoms with van der Waals surface area (Å²) in [5, 5.41) is 3.19. The van der Waals surface area contributed by atoms with Crippen LogP contribution in [-0.2, 0) is 16.6 Å². The Hall–Kier alpha value is -2.86. The van der Waals surface area contributed by atoms with E-state index in [0.29, 0.717) is 18.1 Å². The molecule has 122 valence electrons. The topological polar surface area (TPSA) is 71.1 Å². The Kier molecular flexibility index (Phi) is 4.77. The SMILES string of the molecule is O=S(=O)(Nc1ccc(NCc2ccccc2)nc1)c1ccccc1. The number of nitrogens with one attached hydrogen (secondary N) is 2. The molecular weight excluding hydrogens is 322 g/mol. The van der Waals surface area contributed by atoms with Crippen molar-refractivity contribution in [1.29, 1.82) is 0 Å². The van der Waals surface area contributed by atoms with Crippen LogP contribution in [0.2, 0.25) is 0 Å². The van der Waals surface area contributed by atoms with Crippen molar-refractivity contribution >= 4 is 21.5 Å². The molecule has 0 aliphatic rings. The summed E-state index contributed by atoms with van der Waals surface area (Å²) >= 11 is 0. The number of anilines is 2. The van der Waals surface area contributed by atoms with E-state index in [0.717, 1.165) is 5.56 Å². The maximum Gasteiger partial charge on any atom is 0.261 e. The lowest BCUT2D eigenvalue weighted by atomic mass is 10.2. The zero-order valence-corrected chi connectivity index (χ0v) is 13.7. The quantitative estimate of drug-likeness (QED) is 0.721. The maximum atomic E-state index is 12.2. The normalized spacial score (nSPS) is 11.0. The Labute approximate surface area is 141 Å². The van der Waals surface area contributed by atoms with Crippen LogP contribution in [0.1, 0.15) is 5.56 Å². The minimum atomic E-state index is -3.59. The van der Waals surface area contributed by atoms with Crippen LogP contribution in [0.15, 0.2) is 83.9 Å². The average molecular weight is 339 g/mol. The fourth-order valence-corrected chi connectivity index (χ4v) is 3.23. The zero-order valence-electron chi connectivity index (χ0n) is 12.9. The fraction of sp³-hybridized carbons (Fsp3) is 0.0556. The van der Waals surface area contributed by atoms with E-state index in [1.54, 1.807) is 42.5 Å². The standard InChI is InChI=1S/C18H17N3O2S/c22-24(23,17-9-5-2-6-10-17)21-16-11-12-18(20-14-16)19-13-15-7-3-1-4-8-15/h1-12,14,21H,13H2,(H,19,20). The molecule has 0 fully saturated rings. The molecule has 0 atom stereocenters. The lowest BCUT2D eigenvalue weighted by Crippen LogP contribution is -2.13. The van der Waals surface area contributed by atoms with Gasteiger partial charge in [-0.2, -0.15) is 0 Å². The van der Waals surface area contributed by atoms with Crippen LogP contribution in [0.4, 0.5) is 11.5 Å². The minimum Gasteiger partial charge on any atom is -0.366 e. The summed E-state index contributed by atoms with van der Waals surface area (Å²) in [5.74, 6) is 0.682. The van der Waals surface area contributed by atoms with Crippen molar-refractivity contribution < 1.29 is 8.42 Å². The van der Waals surface area contributed by atoms with Crippen molar-refractivity contribution in [3.05, 3.63) is 84.6 Å². The Balaban J connectivity index is 1.64. The molecule has 0 aliphatic heterocycles. The summed E-state index contributed by atoms with van der Waals surface area (Å²) in [4.78, 5) is 4.45. The number of nitrogens with zero attached hydrogens (tertiary/aromatic N) is 1. The molecule has 0 spiro atoms. The third-order valence-corrected chi connectivity index (χ3v) is 4.78. The molecule has 24 heavy (non-hydrogen) atoms. The van der Waals surface area contributed by atoms with Crippen LogP contribution >= 0.6 is 0 Å². The van der Waals surface area contributed by atoms with Gasteiger partial charge in [0, 0.05) is 6.54 Å². The molecule has 0 saturated carbocycles. The van der Waals surface area contributed by atoms with E-state index >= 15 is 0 Å². The highest BCUT2D eigenvalue weighted by atomic mass is 32.2. The maximum absolute atomic E-state index is 12.2. The molecule has 6 heteroatoms. The molecular formula is C18H17N3O2S. The second-order valence-electron chi connectivity index (χ2n) is 5.19. The van der Waals surface area contributed by atoms with Gasteiger partial charge in [0.25, 0.3) is 10.0 Å². The summed E-state index contributed by atoms with van der Waals surface area (Å²) in [6, 6.07) is 21.6. The van der Waals surface area contributed by atoms with Gasteiger partial charge in [0.2, 0.25) is 0 Å². The van der Waals surface area contributed by atoms with Crippen LogP contribution in [0.25, 0.3) is 0 Å². The van der Waals surface area contributed by atoms with Gasteiger partial charge in [-0.25, -0.2) is 13.4 Å². The number of hydrogen-bond donors (Lipinski definition) is 2. The molecule has 1 heterocycles. The first-order chi connectivity index (χ1) is 11.6. The van der Waals surface area contributed by atoms with Crippen LogP contribution in [0, 0.1) is 0 Å². The van der Waals surface area contributed by atoms with E-state index in [2.05, 4.69) is 15.0 Å². The fourth-order valence-electron chi connectivity index (χ4n) is 2.16. The molecule has 5 nitrogen and oxygen atoms in total. The summed E-state index contributed by atoms with van der Waals surface area (Å²) < 4.78 is 27.0. The van der Waals surface area contributed by atoms with Crippen LogP contribution < -0.4 is 10.0 Å². The highest BCUT2D eigenvalue weighted by molar-refractivity contribution is 7.92. The number of rotatable bonds is 6. The molecule has 3 rings (SSSR count). The van der Waals surface area contributed by atoms with Crippen LogP contribution in [0.5, 0.6) is 0 Å². The highest BCUT2D eigenvalue weighted by Crippen LogP contribution is 2.16. The summed E-state index contributed by atoms with van der Waals surface area (Å²) in [6.07, 6.45) is 1.49. The number of aromatic nitrogens is 1. The average Bonchev–Trinajstić information content (AvgIpc) is 2.62. The number of pyridine rings is 1. The Morgan fingerprint density at radius 1 is 0.833 bits per heavy atom. The third-order valence-electron chi connectivity index (χ3n) is 3.39. The first-order valence-electron chi connectivity index (χ1n) is 7.45. The van der Waals surface area contributed by atoms with Gasteiger partial charge in [-0.05, 0) is 29.8 Å². The van der Waals surface area contributed by atoms with Crippen LogP contribution in [-0.4, -0.2) is 13.4 Å². The van der Waals surface area contributed by atoms with Crippen molar-refractivity contribution in [2.75, 3.05) is 10.0 Å². The lowest BCUT2D eigenvalue weighted by molar-refractivity contribution is 0.601. The van der Waals surface area contributed by atoms with Gasteiger partial charge in [-0.3, -0.25) is 4.72 Å². The largest absolute Gasteiger partial charge is 0.366 e. The molecule has 1 aromatic heterocycles. The van der Waals surface area contributed by atoms with E-state index in [1.165, 1.54) is 6.20 Å². The van der Waals surface area contributed by atoms with Crippen molar-refractivity contribution in [3.8, 4) is 0 Å². The van der Waals surface area contributed by atoms with E-state index in [9.17, 15) is 8.42 Å². The third kappa shape index (κ3) is 4.11. The van der Waals surface area contributed by atoms with Crippen molar-refractivity contribution in [2.45, 2.75) is 11.4 Å². The first-order valence-corrected chi connectivity index (χ1v) is 8.93. The predicted octanol–water partition coefficient (Wildman–Crippen LogP) is 3.49. The Morgan fingerprint density at radius 2 is 1.50 bits per heavy atom. The van der Waals surface area contributed by atoms with Gasteiger partial charge in [0.15, 0.2) is 0 Å². The lowest BCUT2D eigenvalue weighted by Gasteiger charge is -2.09. The van der Waals surface area contributed by atoms with E-state index < -0.39 is 10.0 Å². The highest BCUT2D eigenvalue weighted by Gasteiger charge is 2.13. The molecule has 0 radical (unpaired) electrons. The second-order valence-corrected chi connectivity index (χ2v) is 6.87. The molecule has 0 saturated heterocycles. The Morgan fingerprint density at radius 3 is 2.12 bits per heavy atom. The monoisotopic (exact) mass is 339 g/mol. The molecule has 0 amide bonds. The van der Waals surface area contributed by atoms with Crippen LogP contribution in [0.3, 0.4) is 0 Å². The van der Waals surface area contributed by atoms with E-state index in [-0.39, 0.29) is 4.90 Å².